The molecule has 2 aliphatic rings. The van der Waals surface area contributed by atoms with E-state index in [9.17, 15) is 19.2 Å². The fraction of sp³-hybridized carbons (Fsp3) is 0.273. The van der Waals surface area contributed by atoms with Gasteiger partial charge in [-0.3, -0.25) is 24.5 Å². The quantitative estimate of drug-likeness (QED) is 0.729. The molecule has 8 heteroatoms. The minimum atomic E-state index is -0.668. The molecule has 8 nitrogen and oxygen atoms in total. The lowest BCUT2D eigenvalue weighted by atomic mass is 10.0. The Kier molecular flexibility index (Phi) is 5.22. The Bertz CT molecular complexity index is 1050. The lowest BCUT2D eigenvalue weighted by Gasteiger charge is -2.29. The number of methoxy groups -OCH3 is 1. The van der Waals surface area contributed by atoms with Crippen LogP contribution in [-0.2, 0) is 22.7 Å². The molecule has 1 unspecified atom stereocenters. The van der Waals surface area contributed by atoms with Crippen molar-refractivity contribution in [3.05, 3.63) is 64.7 Å². The molecule has 0 aromatic heterocycles. The van der Waals surface area contributed by atoms with E-state index in [-0.39, 0.29) is 37.2 Å². The van der Waals surface area contributed by atoms with Crippen molar-refractivity contribution in [2.24, 2.45) is 0 Å². The van der Waals surface area contributed by atoms with Gasteiger partial charge in [0, 0.05) is 25.1 Å². The van der Waals surface area contributed by atoms with Crippen molar-refractivity contribution in [2.75, 3.05) is 7.11 Å². The van der Waals surface area contributed by atoms with E-state index in [1.807, 2.05) is 6.07 Å². The van der Waals surface area contributed by atoms with Gasteiger partial charge in [-0.1, -0.05) is 24.3 Å². The van der Waals surface area contributed by atoms with Crippen molar-refractivity contribution in [3.8, 4) is 5.75 Å². The standard InChI is InChI=1S/C22H21N3O5/c1-30-18-8-3-2-6-15(18)20(27)23-11-13-5-4-7-14-16(13)12-25(22(14)29)17-9-10-19(26)24-21(17)28/h2-8,17H,9-12H2,1H3,(H,23,27)(H,24,26,28). The molecule has 0 aliphatic carbocycles. The Labute approximate surface area is 173 Å². The number of piperidine rings is 1. The van der Waals surface area contributed by atoms with E-state index in [0.29, 0.717) is 23.3 Å². The fourth-order valence-corrected chi connectivity index (χ4v) is 3.92. The van der Waals surface area contributed by atoms with Gasteiger partial charge in [0.1, 0.15) is 11.8 Å². The summed E-state index contributed by atoms with van der Waals surface area (Å²) in [7, 11) is 1.51. The monoisotopic (exact) mass is 407 g/mol. The second-order valence-corrected chi connectivity index (χ2v) is 7.23. The molecule has 0 bridgehead atoms. The van der Waals surface area contributed by atoms with E-state index in [1.54, 1.807) is 36.4 Å². The third kappa shape index (κ3) is 3.52. The second-order valence-electron chi connectivity index (χ2n) is 7.23. The number of carbonyl (C=O) groups is 4. The summed E-state index contributed by atoms with van der Waals surface area (Å²) < 4.78 is 5.23. The van der Waals surface area contributed by atoms with Crippen molar-refractivity contribution in [1.82, 2.24) is 15.5 Å². The fourth-order valence-electron chi connectivity index (χ4n) is 3.92. The summed E-state index contributed by atoms with van der Waals surface area (Å²) in [5, 5.41) is 5.17. The highest BCUT2D eigenvalue weighted by Gasteiger charge is 2.39. The van der Waals surface area contributed by atoms with Crippen molar-refractivity contribution in [3.63, 3.8) is 0 Å². The molecule has 0 radical (unpaired) electrons. The van der Waals surface area contributed by atoms with Crippen LogP contribution in [0.15, 0.2) is 42.5 Å². The van der Waals surface area contributed by atoms with Gasteiger partial charge >= 0.3 is 0 Å². The number of para-hydroxylation sites is 1. The van der Waals surface area contributed by atoms with E-state index >= 15 is 0 Å². The number of fused-ring (bicyclic) bond motifs is 1. The molecule has 2 N–H and O–H groups in total. The number of carbonyl (C=O) groups excluding carboxylic acids is 4. The molecule has 1 atom stereocenters. The summed E-state index contributed by atoms with van der Waals surface area (Å²) in [4.78, 5) is 50.6. The summed E-state index contributed by atoms with van der Waals surface area (Å²) >= 11 is 0. The highest BCUT2D eigenvalue weighted by molar-refractivity contribution is 6.05. The molecule has 2 aromatic rings. The molecular formula is C22H21N3O5. The predicted molar refractivity (Wildman–Crippen MR) is 107 cm³/mol. The highest BCUT2D eigenvalue weighted by Crippen LogP contribution is 2.30. The lowest BCUT2D eigenvalue weighted by Crippen LogP contribution is -2.52. The Balaban J connectivity index is 1.51. The topological polar surface area (TPSA) is 105 Å². The van der Waals surface area contributed by atoms with E-state index in [0.717, 1.165) is 11.1 Å². The van der Waals surface area contributed by atoms with Crippen molar-refractivity contribution in [2.45, 2.75) is 32.0 Å². The molecule has 4 amide bonds. The van der Waals surface area contributed by atoms with Crippen LogP contribution >= 0.6 is 0 Å². The lowest BCUT2D eigenvalue weighted by molar-refractivity contribution is -0.136. The second kappa shape index (κ2) is 7.98. The van der Waals surface area contributed by atoms with Crippen LogP contribution in [-0.4, -0.2) is 41.7 Å². The number of imide groups is 1. The Hall–Kier alpha value is -3.68. The van der Waals surface area contributed by atoms with Crippen LogP contribution < -0.4 is 15.4 Å². The van der Waals surface area contributed by atoms with Crippen molar-refractivity contribution in [1.29, 1.82) is 0 Å². The van der Waals surface area contributed by atoms with Crippen LogP contribution in [0.2, 0.25) is 0 Å². The van der Waals surface area contributed by atoms with Crippen molar-refractivity contribution >= 4 is 23.6 Å². The SMILES string of the molecule is COc1ccccc1C(=O)NCc1cccc2c1CN(C1CCC(=O)NC1=O)C2=O. The average Bonchev–Trinajstić information content (AvgIpc) is 3.09. The van der Waals surface area contributed by atoms with Crippen LogP contribution in [0, 0.1) is 0 Å². The van der Waals surface area contributed by atoms with E-state index in [1.165, 1.54) is 12.0 Å². The van der Waals surface area contributed by atoms with Gasteiger partial charge in [0.15, 0.2) is 0 Å². The Morgan fingerprint density at radius 3 is 2.73 bits per heavy atom. The minimum absolute atomic E-state index is 0.207. The number of ether oxygens (including phenoxy) is 1. The van der Waals surface area contributed by atoms with Gasteiger partial charge < -0.3 is 15.0 Å². The summed E-state index contributed by atoms with van der Waals surface area (Å²) in [6.07, 6.45) is 0.516. The van der Waals surface area contributed by atoms with Crippen LogP contribution in [0.4, 0.5) is 0 Å². The maximum Gasteiger partial charge on any atom is 0.255 e. The molecule has 2 aromatic carbocycles. The van der Waals surface area contributed by atoms with E-state index in [4.69, 9.17) is 4.74 Å². The van der Waals surface area contributed by atoms with Gasteiger partial charge in [-0.2, -0.15) is 0 Å². The van der Waals surface area contributed by atoms with Gasteiger partial charge in [0.25, 0.3) is 11.8 Å². The summed E-state index contributed by atoms with van der Waals surface area (Å²) in [5.41, 5.74) is 2.53. The van der Waals surface area contributed by atoms with Gasteiger partial charge in [-0.25, -0.2) is 0 Å². The van der Waals surface area contributed by atoms with Gasteiger partial charge in [-0.05, 0) is 35.7 Å². The molecule has 4 rings (SSSR count). The third-order valence-corrected chi connectivity index (χ3v) is 5.47. The van der Waals surface area contributed by atoms with Crippen LogP contribution in [0.5, 0.6) is 5.75 Å². The zero-order valence-electron chi connectivity index (χ0n) is 16.4. The Morgan fingerprint density at radius 1 is 1.17 bits per heavy atom. The predicted octanol–water partition coefficient (Wildman–Crippen LogP) is 1.39. The van der Waals surface area contributed by atoms with Crippen LogP contribution in [0.25, 0.3) is 0 Å². The highest BCUT2D eigenvalue weighted by atomic mass is 16.5. The smallest absolute Gasteiger partial charge is 0.255 e. The van der Waals surface area contributed by atoms with E-state index in [2.05, 4.69) is 10.6 Å². The Morgan fingerprint density at radius 2 is 1.97 bits per heavy atom. The summed E-state index contributed by atoms with van der Waals surface area (Å²) in [5.74, 6) is -0.806. The molecule has 0 saturated carbocycles. The number of hydrogen-bond donors (Lipinski definition) is 2. The molecular weight excluding hydrogens is 386 g/mol. The largest absolute Gasteiger partial charge is 0.496 e. The molecule has 30 heavy (non-hydrogen) atoms. The van der Waals surface area contributed by atoms with E-state index < -0.39 is 11.9 Å². The van der Waals surface area contributed by atoms with Gasteiger partial charge in [0.05, 0.1) is 12.7 Å². The molecule has 154 valence electrons. The molecule has 2 aliphatic heterocycles. The first-order valence-electron chi connectivity index (χ1n) is 9.66. The number of rotatable bonds is 5. The van der Waals surface area contributed by atoms with Crippen LogP contribution in [0.3, 0.4) is 0 Å². The van der Waals surface area contributed by atoms with Gasteiger partial charge in [-0.15, -0.1) is 0 Å². The molecule has 1 fully saturated rings. The first-order chi connectivity index (χ1) is 14.5. The normalized spacial score (nSPS) is 18.1. The minimum Gasteiger partial charge on any atom is -0.496 e. The number of nitrogens with one attached hydrogen (secondary N) is 2. The molecule has 0 spiro atoms. The van der Waals surface area contributed by atoms with Crippen molar-refractivity contribution < 1.29 is 23.9 Å². The maximum absolute atomic E-state index is 12.9. The number of nitrogens with zero attached hydrogens (tertiary/aromatic N) is 1. The first kappa shape index (κ1) is 19.6. The van der Waals surface area contributed by atoms with Crippen LogP contribution in [0.1, 0.15) is 44.7 Å². The third-order valence-electron chi connectivity index (χ3n) is 5.47. The van der Waals surface area contributed by atoms with Gasteiger partial charge in [0.2, 0.25) is 11.8 Å². The zero-order valence-corrected chi connectivity index (χ0v) is 16.4. The summed E-state index contributed by atoms with van der Waals surface area (Å²) in [6.45, 7) is 0.498. The first-order valence-corrected chi connectivity index (χ1v) is 9.66. The molecule has 2 heterocycles. The number of hydrogen-bond acceptors (Lipinski definition) is 5. The molecule has 1 saturated heterocycles. The summed E-state index contributed by atoms with van der Waals surface area (Å²) in [6, 6.07) is 11.6. The number of benzene rings is 2. The average molecular weight is 407 g/mol. The zero-order chi connectivity index (χ0) is 21.3. The maximum atomic E-state index is 12.9. The number of amides is 4.